The van der Waals surface area contributed by atoms with Crippen molar-refractivity contribution in [1.82, 2.24) is 0 Å². The molecule has 0 spiro atoms. The van der Waals surface area contributed by atoms with Gasteiger partial charge in [-0.3, -0.25) is 0 Å². The van der Waals surface area contributed by atoms with E-state index in [1.54, 1.807) is 0 Å². The Morgan fingerprint density at radius 1 is 0.169 bits per heavy atom. The summed E-state index contributed by atoms with van der Waals surface area (Å²) in [7, 11) is 0. The highest BCUT2D eigenvalue weighted by Crippen LogP contribution is 2.49. The summed E-state index contributed by atoms with van der Waals surface area (Å²) < 4.78 is 6.27. The highest BCUT2D eigenvalue weighted by molar-refractivity contribution is 6.26. The molecule has 1 heteroatoms. The molecule has 0 N–H and O–H groups in total. The molecule has 1 heterocycles. The van der Waals surface area contributed by atoms with Crippen LogP contribution in [0.5, 0.6) is 0 Å². The smallest absolute Gasteiger partial charge is 0.135 e. The van der Waals surface area contributed by atoms with E-state index in [0.717, 1.165) is 21.9 Å². The normalized spacial score (nSPS) is 11.9. The third-order valence-corrected chi connectivity index (χ3v) is 16.4. The van der Waals surface area contributed by atoms with Gasteiger partial charge in [0.2, 0.25) is 0 Å². The minimum absolute atomic E-state index is 0.907. The van der Waals surface area contributed by atoms with E-state index in [0.29, 0.717) is 0 Å². The Balaban J connectivity index is 0.787. The van der Waals surface area contributed by atoms with Gasteiger partial charge >= 0.3 is 0 Å². The maximum Gasteiger partial charge on any atom is 0.135 e. The van der Waals surface area contributed by atoms with E-state index in [2.05, 4.69) is 273 Å². The van der Waals surface area contributed by atoms with Crippen LogP contribution in [0, 0.1) is 0 Å². The molecular formula is C76H46O. The molecule has 0 atom stereocenters. The molecule has 16 rings (SSSR count). The average molecular weight is 975 g/mol. The molecule has 0 amide bonds. The fourth-order valence-corrected chi connectivity index (χ4v) is 13.0. The molecule has 0 aliphatic carbocycles. The molecule has 1 aromatic heterocycles. The summed E-state index contributed by atoms with van der Waals surface area (Å²) in [6.07, 6.45) is 0. The third kappa shape index (κ3) is 6.81. The Hall–Kier alpha value is -10.1. The largest absolute Gasteiger partial charge is 0.456 e. The Bertz CT molecular complexity index is 4990. The number of para-hydroxylation sites is 1. The van der Waals surface area contributed by atoms with Gasteiger partial charge in [0.15, 0.2) is 0 Å². The highest BCUT2D eigenvalue weighted by Gasteiger charge is 2.21. The van der Waals surface area contributed by atoms with Crippen LogP contribution in [0.1, 0.15) is 0 Å². The zero-order valence-electron chi connectivity index (χ0n) is 42.0. The highest BCUT2D eigenvalue weighted by atomic mass is 16.3. The molecule has 0 aliphatic heterocycles. The fraction of sp³-hybridized carbons (Fsp3) is 0. The van der Waals surface area contributed by atoms with Gasteiger partial charge in [0, 0.05) is 10.8 Å². The Morgan fingerprint density at radius 2 is 0.532 bits per heavy atom. The number of furan rings is 1. The van der Waals surface area contributed by atoms with E-state index in [9.17, 15) is 0 Å². The molecule has 0 unspecified atom stereocenters. The topological polar surface area (TPSA) is 13.1 Å². The quantitative estimate of drug-likeness (QED) is 0.151. The van der Waals surface area contributed by atoms with E-state index >= 15 is 0 Å². The van der Waals surface area contributed by atoms with Crippen molar-refractivity contribution in [3.8, 4) is 66.8 Å². The molecule has 15 aromatic carbocycles. The van der Waals surface area contributed by atoms with Crippen LogP contribution in [-0.4, -0.2) is 0 Å². The van der Waals surface area contributed by atoms with Crippen LogP contribution in [0.3, 0.4) is 0 Å². The van der Waals surface area contributed by atoms with Crippen molar-refractivity contribution in [3.05, 3.63) is 279 Å². The average Bonchev–Trinajstić information content (AvgIpc) is 3.88. The van der Waals surface area contributed by atoms with E-state index in [-0.39, 0.29) is 0 Å². The van der Waals surface area contributed by atoms with E-state index in [1.807, 2.05) is 6.07 Å². The first-order valence-corrected chi connectivity index (χ1v) is 26.6. The van der Waals surface area contributed by atoms with Crippen LogP contribution in [0.4, 0.5) is 0 Å². The van der Waals surface area contributed by atoms with E-state index in [4.69, 9.17) is 4.42 Å². The van der Waals surface area contributed by atoms with Gasteiger partial charge in [-0.1, -0.05) is 243 Å². The van der Waals surface area contributed by atoms with Gasteiger partial charge < -0.3 is 4.42 Å². The first kappa shape index (κ1) is 43.3. The van der Waals surface area contributed by atoms with Crippen LogP contribution < -0.4 is 0 Å². The van der Waals surface area contributed by atoms with Gasteiger partial charge in [0.25, 0.3) is 0 Å². The van der Waals surface area contributed by atoms with Crippen molar-refractivity contribution in [3.63, 3.8) is 0 Å². The molecule has 77 heavy (non-hydrogen) atoms. The summed E-state index contributed by atoms with van der Waals surface area (Å²) in [5.74, 6) is 0. The van der Waals surface area contributed by atoms with Crippen molar-refractivity contribution in [2.45, 2.75) is 0 Å². The number of fused-ring (bicyclic) bond motifs is 10. The molecule has 0 saturated heterocycles. The second-order valence-corrected chi connectivity index (χ2v) is 20.6. The minimum atomic E-state index is 0.907. The second kappa shape index (κ2) is 17.2. The molecular weight excluding hydrogens is 929 g/mol. The summed E-state index contributed by atoms with van der Waals surface area (Å²) in [6.45, 7) is 0. The molecule has 1 nitrogen and oxygen atoms in total. The van der Waals surface area contributed by atoms with Crippen molar-refractivity contribution in [2.75, 3.05) is 0 Å². The van der Waals surface area contributed by atoms with E-state index in [1.165, 1.54) is 142 Å². The standard InChI is InChI=1S/C76H46O/c1-2-23-55-47(17-1)18-14-34-60(55)75-66-29-7-3-25-62(66)73(63-26-4-8-30-67(63)75)53-22-13-19-52(45-53)56-33-15-20-50-43-48(37-40-57(50)56)49-38-41-58-51(44-49)21-16-35-61(58)76-68-31-9-5-27-64(68)74(65-28-6-10-32-69(65)76)54-39-42-72-70(46-54)59-24-11-12-36-71(59)77-72/h1-46H. The van der Waals surface area contributed by atoms with Gasteiger partial charge in [-0.25, -0.2) is 0 Å². The van der Waals surface area contributed by atoms with Crippen LogP contribution in [0.25, 0.3) is 164 Å². The number of rotatable bonds is 6. The minimum Gasteiger partial charge on any atom is -0.456 e. The van der Waals surface area contributed by atoms with Crippen LogP contribution in [0.2, 0.25) is 0 Å². The summed E-state index contributed by atoms with van der Waals surface area (Å²) in [5, 5.41) is 19.7. The molecule has 0 bridgehead atoms. The zero-order chi connectivity index (χ0) is 50.6. The number of hydrogen-bond donors (Lipinski definition) is 0. The SMILES string of the molecule is c1cc(-c2cccc3cc(-c4ccc5c(-c6c7ccccc7c(-c7ccc8oc9ccccc9c8c7)c7ccccc67)cccc5c4)ccc23)cc(-c2c3ccccc3c(-c3cccc4ccccc34)c3ccccc23)c1. The maximum absolute atomic E-state index is 6.27. The number of hydrogen-bond acceptors (Lipinski definition) is 1. The van der Waals surface area contributed by atoms with Gasteiger partial charge in [0.05, 0.1) is 0 Å². The van der Waals surface area contributed by atoms with Crippen molar-refractivity contribution >= 4 is 97.3 Å². The first-order chi connectivity index (χ1) is 38.2. The summed E-state index contributed by atoms with van der Waals surface area (Å²) >= 11 is 0. The van der Waals surface area contributed by atoms with Crippen LogP contribution in [0.15, 0.2) is 283 Å². The lowest BCUT2D eigenvalue weighted by Gasteiger charge is -2.19. The van der Waals surface area contributed by atoms with Crippen molar-refractivity contribution in [2.24, 2.45) is 0 Å². The van der Waals surface area contributed by atoms with Gasteiger partial charge in [-0.15, -0.1) is 0 Å². The van der Waals surface area contributed by atoms with Crippen LogP contribution in [-0.2, 0) is 0 Å². The van der Waals surface area contributed by atoms with Gasteiger partial charge in [-0.05, 0) is 179 Å². The van der Waals surface area contributed by atoms with Crippen LogP contribution >= 0.6 is 0 Å². The molecule has 356 valence electrons. The second-order valence-electron chi connectivity index (χ2n) is 20.6. The third-order valence-electron chi connectivity index (χ3n) is 16.4. The zero-order valence-corrected chi connectivity index (χ0v) is 42.0. The Morgan fingerprint density at radius 3 is 1.09 bits per heavy atom. The summed E-state index contributed by atoms with van der Waals surface area (Å²) in [4.78, 5) is 0. The molecule has 0 fully saturated rings. The summed E-state index contributed by atoms with van der Waals surface area (Å²) in [6, 6.07) is 103. The Kier molecular flexibility index (Phi) is 9.71. The maximum atomic E-state index is 6.27. The lowest BCUT2D eigenvalue weighted by Crippen LogP contribution is -1.92. The molecule has 16 aromatic rings. The number of benzene rings is 15. The van der Waals surface area contributed by atoms with Gasteiger partial charge in [-0.2, -0.15) is 0 Å². The fourth-order valence-electron chi connectivity index (χ4n) is 13.0. The predicted molar refractivity (Wildman–Crippen MR) is 329 cm³/mol. The lowest BCUT2D eigenvalue weighted by molar-refractivity contribution is 0.669. The first-order valence-electron chi connectivity index (χ1n) is 26.6. The monoisotopic (exact) mass is 974 g/mol. The lowest BCUT2D eigenvalue weighted by atomic mass is 9.84. The Labute approximate surface area is 445 Å². The van der Waals surface area contributed by atoms with Crippen molar-refractivity contribution < 1.29 is 4.42 Å². The molecule has 0 saturated carbocycles. The van der Waals surface area contributed by atoms with Gasteiger partial charge in [0.1, 0.15) is 11.2 Å². The van der Waals surface area contributed by atoms with Crippen molar-refractivity contribution in [1.29, 1.82) is 0 Å². The molecule has 0 radical (unpaired) electrons. The molecule has 0 aliphatic rings. The summed E-state index contributed by atoms with van der Waals surface area (Å²) in [5.41, 5.74) is 16.6. The van der Waals surface area contributed by atoms with E-state index < -0.39 is 0 Å². The predicted octanol–water partition coefficient (Wildman–Crippen LogP) is 21.7.